The van der Waals surface area contributed by atoms with Crippen molar-refractivity contribution in [3.63, 3.8) is 0 Å². The first-order valence-corrected chi connectivity index (χ1v) is 27.1. The van der Waals surface area contributed by atoms with E-state index in [1.54, 1.807) is 13.8 Å². The molecule has 0 radical (unpaired) electrons. The second-order valence-corrected chi connectivity index (χ2v) is 21.5. The van der Waals surface area contributed by atoms with Crippen LogP contribution < -0.4 is 10.6 Å². The van der Waals surface area contributed by atoms with Crippen LogP contribution >= 0.6 is 0 Å². The molecule has 6 amide bonds. The lowest BCUT2D eigenvalue weighted by Gasteiger charge is -2.42. The van der Waals surface area contributed by atoms with E-state index in [-0.39, 0.29) is 84.5 Å². The van der Waals surface area contributed by atoms with Crippen molar-refractivity contribution in [3.8, 4) is 0 Å². The first-order valence-electron chi connectivity index (χ1n) is 27.1. The van der Waals surface area contributed by atoms with Crippen molar-refractivity contribution in [2.45, 2.75) is 101 Å². The van der Waals surface area contributed by atoms with E-state index >= 15 is 0 Å². The lowest BCUT2D eigenvalue weighted by molar-refractivity contribution is -0.385. The fourth-order valence-corrected chi connectivity index (χ4v) is 10.6. The molecule has 16 nitrogen and oxygen atoms in total. The number of urea groups is 2. The monoisotopic (exact) mass is 1280 g/mol. The minimum Gasteiger partial charge on any atom is -0.349 e. The number of alkyl halides is 12. The molecule has 6 aromatic carbocycles. The maximum atomic E-state index is 13.9. The van der Waals surface area contributed by atoms with Gasteiger partial charge in [0.25, 0.3) is 23.2 Å². The van der Waals surface area contributed by atoms with E-state index in [0.717, 1.165) is 9.80 Å². The average Bonchev–Trinajstić information content (AvgIpc) is 0.838. The lowest BCUT2D eigenvalue weighted by Crippen LogP contribution is -2.51. The molecule has 4 atom stereocenters. The number of likely N-dealkylation sites (tertiary alicyclic amines) is 2. The van der Waals surface area contributed by atoms with Gasteiger partial charge < -0.3 is 30.2 Å². The topological polar surface area (TPSA) is 192 Å². The Hall–Kier alpha value is -9.38. The van der Waals surface area contributed by atoms with Crippen molar-refractivity contribution in [1.82, 2.24) is 30.2 Å². The number of carbonyl (C=O) groups excluding carboxylic acids is 4. The summed E-state index contributed by atoms with van der Waals surface area (Å²) in [5.41, 5.74) is -4.82. The molecule has 8 rings (SSSR count). The van der Waals surface area contributed by atoms with Gasteiger partial charge in [0.1, 0.15) is 11.6 Å². The molecular weight excluding hydrogens is 1230 g/mol. The van der Waals surface area contributed by atoms with Gasteiger partial charge in [-0.15, -0.1) is 0 Å². The van der Waals surface area contributed by atoms with Crippen molar-refractivity contribution in [3.05, 3.63) is 220 Å². The molecule has 0 aliphatic carbocycles. The Morgan fingerprint density at radius 1 is 0.489 bits per heavy atom. The standard InChI is InChI=1S/2C30H27F7N4O4/c2*1-17-11-22(31)5-8-25(17)26-15-23(38-27(42)19-3-6-24(7-4-19)41(44)45)9-10-40(26)28(43)39(2)16-18-12-20(29(32,33)34)14-21(13-18)30(35,36)37/h2*3-8,11-14,23,26H,9-10,15-16H2,1-2H3,(H,38,42)/t2*23-,26+/m10/s1. The van der Waals surface area contributed by atoms with E-state index in [0.29, 0.717) is 46.5 Å². The lowest BCUT2D eigenvalue weighted by atomic mass is 9.89. The van der Waals surface area contributed by atoms with E-state index in [9.17, 15) is 101 Å². The fraction of sp³-hybridized carbons (Fsp3) is 0.333. The molecule has 0 unspecified atom stereocenters. The Bertz CT molecular complexity index is 3360. The maximum Gasteiger partial charge on any atom is 0.416 e. The Kier molecular flexibility index (Phi) is 20.6. The number of nitro groups is 2. The summed E-state index contributed by atoms with van der Waals surface area (Å²) in [5.74, 6) is -2.11. The minimum atomic E-state index is -5.05. The van der Waals surface area contributed by atoms with E-state index in [2.05, 4.69) is 10.6 Å². The summed E-state index contributed by atoms with van der Waals surface area (Å²) in [6.07, 6.45) is -19.4. The summed E-state index contributed by atoms with van der Waals surface area (Å²) < 4.78 is 188. The van der Waals surface area contributed by atoms with Crippen LogP contribution in [0.4, 0.5) is 82.4 Å². The smallest absolute Gasteiger partial charge is 0.349 e. The summed E-state index contributed by atoms with van der Waals surface area (Å²) in [5, 5.41) is 27.5. The fourth-order valence-electron chi connectivity index (χ4n) is 10.6. The van der Waals surface area contributed by atoms with Gasteiger partial charge in [0.05, 0.1) is 44.2 Å². The van der Waals surface area contributed by atoms with Crippen LogP contribution in [0.2, 0.25) is 0 Å². The highest BCUT2D eigenvalue weighted by Gasteiger charge is 2.41. The molecule has 30 heteroatoms. The highest BCUT2D eigenvalue weighted by atomic mass is 19.4. The zero-order valence-corrected chi connectivity index (χ0v) is 47.8. The molecule has 2 aliphatic heterocycles. The molecule has 480 valence electrons. The van der Waals surface area contributed by atoms with Gasteiger partial charge in [0.2, 0.25) is 0 Å². The largest absolute Gasteiger partial charge is 0.416 e. The number of amides is 6. The minimum absolute atomic E-state index is 0.00835. The zero-order chi connectivity index (χ0) is 66.5. The first kappa shape index (κ1) is 68.1. The predicted octanol–water partition coefficient (Wildman–Crippen LogP) is 14.5. The van der Waals surface area contributed by atoms with E-state index in [1.807, 2.05) is 0 Å². The number of hydrogen-bond donors (Lipinski definition) is 2. The third-order valence-electron chi connectivity index (χ3n) is 15.0. The van der Waals surface area contributed by atoms with Crippen LogP contribution in [0, 0.1) is 45.7 Å². The van der Waals surface area contributed by atoms with Crippen LogP contribution in [0.1, 0.15) is 114 Å². The average molecular weight is 1280 g/mol. The number of piperidine rings is 2. The van der Waals surface area contributed by atoms with Crippen molar-refractivity contribution < 1.29 is 90.5 Å². The normalized spacial score (nSPS) is 17.1. The number of benzene rings is 6. The van der Waals surface area contributed by atoms with Gasteiger partial charge in [-0.05, 0) is 158 Å². The Morgan fingerprint density at radius 3 is 1.06 bits per heavy atom. The van der Waals surface area contributed by atoms with Crippen LogP contribution in [0.5, 0.6) is 0 Å². The molecular formula is C60H54F14N8O8. The Morgan fingerprint density at radius 2 is 0.789 bits per heavy atom. The summed E-state index contributed by atoms with van der Waals surface area (Å²) in [6, 6.07) is 16.1. The summed E-state index contributed by atoms with van der Waals surface area (Å²) in [7, 11) is 2.49. The zero-order valence-electron chi connectivity index (χ0n) is 47.8. The Labute approximate surface area is 503 Å². The van der Waals surface area contributed by atoms with Crippen LogP contribution in [0.25, 0.3) is 0 Å². The second kappa shape index (κ2) is 27.2. The van der Waals surface area contributed by atoms with Crippen molar-refractivity contribution in [1.29, 1.82) is 0 Å². The van der Waals surface area contributed by atoms with Gasteiger partial charge in [-0.1, -0.05) is 12.1 Å². The first-order chi connectivity index (χ1) is 41.9. The van der Waals surface area contributed by atoms with Gasteiger partial charge in [-0.25, -0.2) is 18.4 Å². The van der Waals surface area contributed by atoms with E-state index < -0.39 is 130 Å². The van der Waals surface area contributed by atoms with Crippen LogP contribution in [-0.2, 0) is 37.8 Å². The van der Waals surface area contributed by atoms with Gasteiger partial charge in [-0.3, -0.25) is 29.8 Å². The molecule has 2 saturated heterocycles. The van der Waals surface area contributed by atoms with Gasteiger partial charge >= 0.3 is 36.8 Å². The molecule has 2 aliphatic rings. The van der Waals surface area contributed by atoms with Crippen LogP contribution in [0.15, 0.2) is 121 Å². The highest BCUT2D eigenvalue weighted by molar-refractivity contribution is 5.95. The molecule has 6 aromatic rings. The van der Waals surface area contributed by atoms with E-state index in [1.165, 1.54) is 109 Å². The third kappa shape index (κ3) is 17.1. The number of carbonyl (C=O) groups is 4. The van der Waals surface area contributed by atoms with Gasteiger partial charge in [0.15, 0.2) is 0 Å². The van der Waals surface area contributed by atoms with Crippen LogP contribution in [-0.4, -0.2) is 92.6 Å². The van der Waals surface area contributed by atoms with E-state index in [4.69, 9.17) is 0 Å². The molecule has 2 N–H and O–H groups in total. The number of halogens is 14. The maximum absolute atomic E-state index is 13.9. The van der Waals surface area contributed by atoms with Crippen molar-refractivity contribution in [2.24, 2.45) is 0 Å². The quantitative estimate of drug-likeness (QED) is 0.0687. The number of hydrogen-bond acceptors (Lipinski definition) is 8. The summed E-state index contributed by atoms with van der Waals surface area (Å²) >= 11 is 0. The van der Waals surface area contributed by atoms with Crippen molar-refractivity contribution >= 4 is 35.3 Å². The van der Waals surface area contributed by atoms with Crippen LogP contribution in [0.3, 0.4) is 0 Å². The molecule has 2 fully saturated rings. The van der Waals surface area contributed by atoms with Gasteiger partial charge in [-0.2, -0.15) is 52.7 Å². The molecule has 0 aromatic heterocycles. The Balaban J connectivity index is 0.000000256. The highest BCUT2D eigenvalue weighted by Crippen LogP contribution is 2.41. The van der Waals surface area contributed by atoms with Crippen molar-refractivity contribution in [2.75, 3.05) is 27.2 Å². The number of rotatable bonds is 12. The molecule has 0 bridgehead atoms. The second-order valence-electron chi connectivity index (χ2n) is 21.5. The molecule has 0 spiro atoms. The molecule has 90 heavy (non-hydrogen) atoms. The van der Waals surface area contributed by atoms with Gasteiger partial charge in [0, 0.05) is 87.8 Å². The number of nitrogens with zero attached hydrogens (tertiary/aromatic N) is 6. The number of nitrogens with one attached hydrogen (secondary N) is 2. The third-order valence-corrected chi connectivity index (χ3v) is 15.0. The SMILES string of the molecule is Cc1cc(F)ccc1[C@@H]1C[C@H](NC(=O)c2ccc([N+](=O)[O-])cc2)CCN1C(=O)N(C)Cc1cc(C(F)(F)F)cc(C(F)(F)F)c1.Cc1cc(F)ccc1[C@H]1C[C@@H](NC(=O)c2ccc([N+](=O)[O-])cc2)CCN1C(=O)N(C)Cc1cc(C(F)(F)F)cc(C(F)(F)F)c1. The number of non-ortho nitro benzene ring substituents is 2. The number of nitro benzene ring substituents is 2. The number of aryl methyl sites for hydroxylation is 2. The molecule has 0 saturated carbocycles. The predicted molar refractivity (Wildman–Crippen MR) is 295 cm³/mol. The summed E-state index contributed by atoms with van der Waals surface area (Å²) in [4.78, 5) is 78.5. The molecule has 2 heterocycles. The summed E-state index contributed by atoms with van der Waals surface area (Å²) in [6.45, 7) is 2.16.